The molecule has 0 aromatic heterocycles. The number of esters is 1. The minimum Gasteiger partial charge on any atom is -0.508 e. The van der Waals surface area contributed by atoms with Crippen LogP contribution in [-0.4, -0.2) is 28.6 Å². The predicted molar refractivity (Wildman–Crippen MR) is 85.6 cm³/mol. The summed E-state index contributed by atoms with van der Waals surface area (Å²) in [4.78, 5) is 24.3. The molecule has 1 aliphatic rings. The fourth-order valence-corrected chi connectivity index (χ4v) is 2.42. The summed E-state index contributed by atoms with van der Waals surface area (Å²) < 4.78 is 5.16. The summed E-state index contributed by atoms with van der Waals surface area (Å²) in [5.41, 5.74) is 0.640. The Morgan fingerprint density at radius 2 is 1.70 bits per heavy atom. The quantitative estimate of drug-likeness (QED) is 0.568. The molecule has 1 aromatic rings. The summed E-state index contributed by atoms with van der Waals surface area (Å²) in [6.45, 7) is 1.79. The number of carbonyl (C=O) groups is 2. The van der Waals surface area contributed by atoms with Crippen molar-refractivity contribution in [2.75, 3.05) is 6.61 Å². The Morgan fingerprint density at radius 1 is 1.00 bits per heavy atom. The van der Waals surface area contributed by atoms with Crippen molar-refractivity contribution in [3.63, 3.8) is 0 Å². The van der Waals surface area contributed by atoms with E-state index in [0.29, 0.717) is 17.5 Å². The number of rotatable bonds is 0. The molecule has 1 aromatic carbocycles. The van der Waals surface area contributed by atoms with Crippen molar-refractivity contribution in [2.24, 2.45) is 0 Å². The van der Waals surface area contributed by atoms with Crippen LogP contribution in [0, 0.1) is 6.92 Å². The number of cyclic esters (lactones) is 1. The first kappa shape index (κ1) is 16.8. The smallest absolute Gasteiger partial charge is 0.342 e. The minimum atomic E-state index is -0.692. The standard InChI is InChI=1S/C18H20O5/c1-12-14-10-13(19)8-6-4-2-3-5-7-9-23-18(22)17(14)16(21)11-15(12)20/h3,5-6,8,11,20-21H,2,4,7,9-10H2,1H3/b5-3+,8-6+. The number of phenolic OH excluding ortho intramolecular Hbond substituents is 2. The summed E-state index contributed by atoms with van der Waals surface area (Å²) in [7, 11) is 0. The third-order valence-corrected chi connectivity index (χ3v) is 3.71. The number of hydrogen-bond acceptors (Lipinski definition) is 5. The van der Waals surface area contributed by atoms with Gasteiger partial charge in [-0.05, 0) is 43.4 Å². The molecule has 5 nitrogen and oxygen atoms in total. The number of benzene rings is 1. The van der Waals surface area contributed by atoms with Crippen molar-refractivity contribution < 1.29 is 24.5 Å². The Bertz CT molecular complexity index is 670. The summed E-state index contributed by atoms with van der Waals surface area (Å²) in [5.74, 6) is -1.43. The highest BCUT2D eigenvalue weighted by Gasteiger charge is 2.23. The molecular formula is C18H20O5. The van der Waals surface area contributed by atoms with Crippen molar-refractivity contribution in [1.82, 2.24) is 0 Å². The van der Waals surface area contributed by atoms with Crippen LogP contribution in [0.15, 0.2) is 30.4 Å². The fourth-order valence-electron chi connectivity index (χ4n) is 2.42. The van der Waals surface area contributed by atoms with Gasteiger partial charge in [0, 0.05) is 12.5 Å². The van der Waals surface area contributed by atoms with Crippen LogP contribution in [0.25, 0.3) is 0 Å². The number of allylic oxidation sites excluding steroid dienone is 3. The molecule has 0 spiro atoms. The average molecular weight is 316 g/mol. The van der Waals surface area contributed by atoms with Crippen LogP contribution in [0.4, 0.5) is 0 Å². The molecule has 122 valence electrons. The molecule has 0 atom stereocenters. The van der Waals surface area contributed by atoms with Gasteiger partial charge in [-0.3, -0.25) is 4.79 Å². The van der Waals surface area contributed by atoms with Crippen molar-refractivity contribution in [3.8, 4) is 11.5 Å². The summed E-state index contributed by atoms with van der Waals surface area (Å²) in [5, 5.41) is 19.9. The van der Waals surface area contributed by atoms with Gasteiger partial charge in [0.25, 0.3) is 0 Å². The molecule has 23 heavy (non-hydrogen) atoms. The van der Waals surface area contributed by atoms with Gasteiger partial charge in [-0.1, -0.05) is 18.2 Å². The van der Waals surface area contributed by atoms with Gasteiger partial charge >= 0.3 is 5.97 Å². The molecule has 0 amide bonds. The molecule has 0 saturated carbocycles. The first-order valence-electron chi connectivity index (χ1n) is 7.56. The van der Waals surface area contributed by atoms with E-state index in [4.69, 9.17) is 4.74 Å². The van der Waals surface area contributed by atoms with Gasteiger partial charge < -0.3 is 14.9 Å². The Balaban J connectivity index is 2.45. The molecule has 0 saturated heterocycles. The lowest BCUT2D eigenvalue weighted by Crippen LogP contribution is -2.13. The number of carbonyl (C=O) groups excluding carboxylic acids is 2. The van der Waals surface area contributed by atoms with E-state index in [-0.39, 0.29) is 35.9 Å². The normalized spacial score (nSPS) is 19.3. The van der Waals surface area contributed by atoms with Gasteiger partial charge in [-0.15, -0.1) is 0 Å². The van der Waals surface area contributed by atoms with Crippen LogP contribution in [0.3, 0.4) is 0 Å². The predicted octanol–water partition coefficient (Wildman–Crippen LogP) is 2.97. The Morgan fingerprint density at radius 3 is 2.48 bits per heavy atom. The highest BCUT2D eigenvalue weighted by atomic mass is 16.5. The molecule has 1 aliphatic heterocycles. The van der Waals surface area contributed by atoms with E-state index in [9.17, 15) is 19.8 Å². The fraction of sp³-hybridized carbons (Fsp3) is 0.333. The largest absolute Gasteiger partial charge is 0.508 e. The molecule has 2 N–H and O–H groups in total. The molecule has 0 aliphatic carbocycles. The lowest BCUT2D eigenvalue weighted by atomic mass is 9.95. The monoisotopic (exact) mass is 316 g/mol. The van der Waals surface area contributed by atoms with Gasteiger partial charge in [-0.25, -0.2) is 4.79 Å². The molecular weight excluding hydrogens is 296 g/mol. The zero-order valence-corrected chi connectivity index (χ0v) is 13.0. The van der Waals surface area contributed by atoms with Crippen molar-refractivity contribution in [3.05, 3.63) is 47.1 Å². The van der Waals surface area contributed by atoms with E-state index < -0.39 is 5.97 Å². The maximum absolute atomic E-state index is 12.2. The van der Waals surface area contributed by atoms with E-state index in [2.05, 4.69) is 0 Å². The molecule has 1 heterocycles. The SMILES string of the molecule is Cc1c(O)cc(O)c2c1CC(=O)/C=C/CC/C=C/CCOC2=O. The first-order valence-corrected chi connectivity index (χ1v) is 7.56. The molecule has 0 bridgehead atoms. The van der Waals surface area contributed by atoms with Gasteiger partial charge in [-0.2, -0.15) is 0 Å². The number of aromatic hydroxyl groups is 2. The van der Waals surface area contributed by atoms with Crippen molar-refractivity contribution in [2.45, 2.75) is 32.6 Å². The number of phenols is 2. The van der Waals surface area contributed by atoms with Crippen LogP contribution in [0.5, 0.6) is 11.5 Å². The molecule has 0 radical (unpaired) electrons. The summed E-state index contributed by atoms with van der Waals surface area (Å²) in [6, 6.07) is 1.10. The number of ether oxygens (including phenoxy) is 1. The third kappa shape index (κ3) is 4.22. The maximum atomic E-state index is 12.2. The summed E-state index contributed by atoms with van der Waals surface area (Å²) in [6.07, 6.45) is 9.21. The number of hydrogen-bond donors (Lipinski definition) is 2. The zero-order chi connectivity index (χ0) is 16.8. The number of ketones is 1. The Hall–Kier alpha value is -2.56. The second-order valence-electron chi connectivity index (χ2n) is 5.41. The summed E-state index contributed by atoms with van der Waals surface area (Å²) >= 11 is 0. The van der Waals surface area contributed by atoms with Gasteiger partial charge in [0.05, 0.1) is 6.61 Å². The van der Waals surface area contributed by atoms with Gasteiger partial charge in [0.15, 0.2) is 5.78 Å². The van der Waals surface area contributed by atoms with E-state index in [1.807, 2.05) is 12.2 Å². The third-order valence-electron chi connectivity index (χ3n) is 3.71. The minimum absolute atomic E-state index is 0.0527. The van der Waals surface area contributed by atoms with E-state index in [0.717, 1.165) is 18.9 Å². The second-order valence-corrected chi connectivity index (χ2v) is 5.41. The molecule has 0 fully saturated rings. The highest BCUT2D eigenvalue weighted by Crippen LogP contribution is 2.33. The van der Waals surface area contributed by atoms with E-state index >= 15 is 0 Å². The van der Waals surface area contributed by atoms with Crippen LogP contribution >= 0.6 is 0 Å². The zero-order valence-electron chi connectivity index (χ0n) is 13.0. The lowest BCUT2D eigenvalue weighted by molar-refractivity contribution is -0.114. The average Bonchev–Trinajstić information content (AvgIpc) is 2.50. The van der Waals surface area contributed by atoms with Gasteiger partial charge in [0.1, 0.15) is 17.1 Å². The highest BCUT2D eigenvalue weighted by molar-refractivity contribution is 5.99. The van der Waals surface area contributed by atoms with Crippen LogP contribution in [0.1, 0.15) is 40.7 Å². The van der Waals surface area contributed by atoms with Crippen LogP contribution in [-0.2, 0) is 16.0 Å². The molecule has 0 unspecified atom stereocenters. The lowest BCUT2D eigenvalue weighted by Gasteiger charge is -2.14. The van der Waals surface area contributed by atoms with Gasteiger partial charge in [0.2, 0.25) is 0 Å². The van der Waals surface area contributed by atoms with Crippen molar-refractivity contribution >= 4 is 11.8 Å². The number of fused-ring (bicyclic) bond motifs is 1. The van der Waals surface area contributed by atoms with E-state index in [1.165, 1.54) is 6.08 Å². The Kier molecular flexibility index (Phi) is 5.57. The second kappa shape index (κ2) is 7.63. The maximum Gasteiger partial charge on any atom is 0.342 e. The Labute approximate surface area is 134 Å². The molecule has 5 heteroatoms. The van der Waals surface area contributed by atoms with Crippen molar-refractivity contribution in [1.29, 1.82) is 0 Å². The van der Waals surface area contributed by atoms with Crippen LogP contribution in [0.2, 0.25) is 0 Å². The van der Waals surface area contributed by atoms with Crippen LogP contribution < -0.4 is 0 Å². The topological polar surface area (TPSA) is 83.8 Å². The first-order chi connectivity index (χ1) is 11.0. The van der Waals surface area contributed by atoms with E-state index in [1.54, 1.807) is 13.0 Å². The molecule has 2 rings (SSSR count).